The van der Waals surface area contributed by atoms with Gasteiger partial charge >= 0.3 is 0 Å². The molecule has 1 saturated heterocycles. The fraction of sp³-hybridized carbons (Fsp3) is 0.357. The number of hydrogen-bond donors (Lipinski definition) is 0. The Morgan fingerprint density at radius 3 is 2.35 bits per heavy atom. The highest BCUT2D eigenvalue weighted by molar-refractivity contribution is 5.95. The van der Waals surface area contributed by atoms with Crippen LogP contribution in [-0.2, 0) is 13.0 Å². The SMILES string of the molecule is CCOc1cc(C(=O)N2CCC(Cc3ccc(OC)cc3)CC2)ccc1OCc1ccncc1. The summed E-state index contributed by atoms with van der Waals surface area (Å²) >= 11 is 0. The van der Waals surface area contributed by atoms with Gasteiger partial charge in [-0.1, -0.05) is 12.1 Å². The topological polar surface area (TPSA) is 60.9 Å². The lowest BCUT2D eigenvalue weighted by Gasteiger charge is -2.32. The first-order valence-corrected chi connectivity index (χ1v) is 11.9. The van der Waals surface area contributed by atoms with E-state index in [1.807, 2.05) is 48.2 Å². The summed E-state index contributed by atoms with van der Waals surface area (Å²) in [7, 11) is 1.68. The van der Waals surface area contributed by atoms with Gasteiger partial charge in [0.15, 0.2) is 11.5 Å². The molecule has 2 aromatic carbocycles. The van der Waals surface area contributed by atoms with Gasteiger partial charge in [0, 0.05) is 31.0 Å². The summed E-state index contributed by atoms with van der Waals surface area (Å²) in [6.45, 7) is 4.38. The highest BCUT2D eigenvalue weighted by Gasteiger charge is 2.24. The predicted octanol–water partition coefficient (Wildman–Crippen LogP) is 5.16. The van der Waals surface area contributed by atoms with Gasteiger partial charge in [0.1, 0.15) is 12.4 Å². The molecule has 1 aliphatic rings. The molecule has 0 radical (unpaired) electrons. The van der Waals surface area contributed by atoms with Crippen molar-refractivity contribution < 1.29 is 19.0 Å². The van der Waals surface area contributed by atoms with Gasteiger partial charge < -0.3 is 19.1 Å². The molecule has 0 bridgehead atoms. The van der Waals surface area contributed by atoms with Crippen molar-refractivity contribution in [1.82, 2.24) is 9.88 Å². The van der Waals surface area contributed by atoms with Crippen molar-refractivity contribution in [3.63, 3.8) is 0 Å². The molecule has 1 fully saturated rings. The molecule has 4 rings (SSSR count). The molecule has 1 aromatic heterocycles. The third-order valence-electron chi connectivity index (χ3n) is 6.22. The fourth-order valence-electron chi connectivity index (χ4n) is 4.29. The van der Waals surface area contributed by atoms with Crippen LogP contribution in [0.25, 0.3) is 0 Å². The second-order valence-corrected chi connectivity index (χ2v) is 8.53. The van der Waals surface area contributed by atoms with Crippen molar-refractivity contribution in [3.8, 4) is 17.2 Å². The minimum atomic E-state index is 0.0459. The number of ether oxygens (including phenoxy) is 3. The number of rotatable bonds is 9. The zero-order valence-electron chi connectivity index (χ0n) is 19.9. The Balaban J connectivity index is 1.35. The summed E-state index contributed by atoms with van der Waals surface area (Å²) in [5, 5.41) is 0. The summed E-state index contributed by atoms with van der Waals surface area (Å²) in [6, 6.07) is 17.6. The molecule has 34 heavy (non-hydrogen) atoms. The van der Waals surface area contributed by atoms with Crippen LogP contribution in [-0.4, -0.2) is 42.6 Å². The molecule has 6 heteroatoms. The van der Waals surface area contributed by atoms with E-state index >= 15 is 0 Å². The predicted molar refractivity (Wildman–Crippen MR) is 132 cm³/mol. The monoisotopic (exact) mass is 460 g/mol. The van der Waals surface area contributed by atoms with Crippen molar-refractivity contribution >= 4 is 5.91 Å². The summed E-state index contributed by atoms with van der Waals surface area (Å²) in [4.78, 5) is 19.2. The largest absolute Gasteiger partial charge is 0.497 e. The maximum atomic E-state index is 13.2. The molecule has 0 unspecified atom stereocenters. The molecule has 0 atom stereocenters. The van der Waals surface area contributed by atoms with Crippen LogP contribution in [0.4, 0.5) is 0 Å². The number of aromatic nitrogens is 1. The molecular formula is C28H32N2O4. The van der Waals surface area contributed by atoms with Gasteiger partial charge in [-0.2, -0.15) is 0 Å². The summed E-state index contributed by atoms with van der Waals surface area (Å²) < 4.78 is 17.0. The van der Waals surface area contributed by atoms with E-state index in [0.29, 0.717) is 36.2 Å². The van der Waals surface area contributed by atoms with E-state index in [9.17, 15) is 4.79 Å². The second kappa shape index (κ2) is 11.5. The smallest absolute Gasteiger partial charge is 0.253 e. The molecule has 1 aliphatic heterocycles. The fourth-order valence-corrected chi connectivity index (χ4v) is 4.29. The summed E-state index contributed by atoms with van der Waals surface area (Å²) in [5.41, 5.74) is 2.97. The lowest BCUT2D eigenvalue weighted by Crippen LogP contribution is -2.38. The van der Waals surface area contributed by atoms with E-state index in [1.165, 1.54) is 5.56 Å². The van der Waals surface area contributed by atoms with Gasteiger partial charge in [-0.05, 0) is 85.7 Å². The van der Waals surface area contributed by atoms with Crippen LogP contribution < -0.4 is 14.2 Å². The van der Waals surface area contributed by atoms with Gasteiger partial charge in [0.05, 0.1) is 13.7 Å². The number of piperidine rings is 1. The van der Waals surface area contributed by atoms with Crippen LogP contribution in [0.5, 0.6) is 17.2 Å². The molecule has 6 nitrogen and oxygen atoms in total. The van der Waals surface area contributed by atoms with E-state index in [-0.39, 0.29) is 5.91 Å². The highest BCUT2D eigenvalue weighted by Crippen LogP contribution is 2.31. The summed E-state index contributed by atoms with van der Waals surface area (Å²) in [5.74, 6) is 2.74. The number of methoxy groups -OCH3 is 1. The minimum absolute atomic E-state index is 0.0459. The third kappa shape index (κ3) is 6.07. The number of amides is 1. The van der Waals surface area contributed by atoms with E-state index < -0.39 is 0 Å². The van der Waals surface area contributed by atoms with Gasteiger partial charge in [0.25, 0.3) is 5.91 Å². The average molecular weight is 461 g/mol. The Kier molecular flexibility index (Phi) is 8.02. The molecular weight excluding hydrogens is 428 g/mol. The van der Waals surface area contributed by atoms with Gasteiger partial charge in [-0.3, -0.25) is 9.78 Å². The number of carbonyl (C=O) groups excluding carboxylic acids is 1. The molecule has 0 spiro atoms. The molecule has 1 amide bonds. The maximum Gasteiger partial charge on any atom is 0.253 e. The molecule has 178 valence electrons. The normalized spacial score (nSPS) is 14.0. The average Bonchev–Trinajstić information content (AvgIpc) is 2.89. The van der Waals surface area contributed by atoms with E-state index in [2.05, 4.69) is 17.1 Å². The lowest BCUT2D eigenvalue weighted by atomic mass is 9.90. The summed E-state index contributed by atoms with van der Waals surface area (Å²) in [6.07, 6.45) is 6.52. The van der Waals surface area contributed by atoms with Crippen molar-refractivity contribution in [2.24, 2.45) is 5.92 Å². The zero-order chi connectivity index (χ0) is 23.8. The quantitative estimate of drug-likeness (QED) is 0.441. The third-order valence-corrected chi connectivity index (χ3v) is 6.22. The first kappa shape index (κ1) is 23.6. The molecule has 3 aromatic rings. The minimum Gasteiger partial charge on any atom is -0.497 e. The number of hydrogen-bond acceptors (Lipinski definition) is 5. The Morgan fingerprint density at radius 1 is 0.941 bits per heavy atom. The lowest BCUT2D eigenvalue weighted by molar-refractivity contribution is 0.0690. The van der Waals surface area contributed by atoms with Crippen molar-refractivity contribution in [2.75, 3.05) is 26.8 Å². The van der Waals surface area contributed by atoms with E-state index in [4.69, 9.17) is 14.2 Å². The number of benzene rings is 2. The van der Waals surface area contributed by atoms with Crippen molar-refractivity contribution in [3.05, 3.63) is 83.7 Å². The molecule has 0 N–H and O–H groups in total. The van der Waals surface area contributed by atoms with Crippen LogP contribution in [0, 0.1) is 5.92 Å². The molecule has 0 saturated carbocycles. The van der Waals surface area contributed by atoms with Crippen molar-refractivity contribution in [2.45, 2.75) is 32.8 Å². The van der Waals surface area contributed by atoms with E-state index in [0.717, 1.165) is 43.7 Å². The number of pyridine rings is 1. The molecule has 2 heterocycles. The number of carbonyl (C=O) groups is 1. The second-order valence-electron chi connectivity index (χ2n) is 8.53. The zero-order valence-corrected chi connectivity index (χ0v) is 19.9. The van der Waals surface area contributed by atoms with Crippen LogP contribution in [0.1, 0.15) is 41.3 Å². The van der Waals surface area contributed by atoms with Crippen LogP contribution >= 0.6 is 0 Å². The standard InChI is InChI=1S/C28H32N2O4/c1-3-33-27-19-24(6-9-26(27)34-20-23-10-14-29-15-11-23)28(31)30-16-12-22(13-17-30)18-21-4-7-25(32-2)8-5-21/h4-11,14-15,19,22H,3,12-13,16-18,20H2,1-2H3. The first-order chi connectivity index (χ1) is 16.7. The first-order valence-electron chi connectivity index (χ1n) is 11.9. The van der Waals surface area contributed by atoms with Gasteiger partial charge in [-0.15, -0.1) is 0 Å². The Labute approximate surface area is 201 Å². The molecule has 0 aliphatic carbocycles. The van der Waals surface area contributed by atoms with Crippen LogP contribution in [0.3, 0.4) is 0 Å². The van der Waals surface area contributed by atoms with E-state index in [1.54, 1.807) is 25.6 Å². The Hall–Kier alpha value is -3.54. The van der Waals surface area contributed by atoms with Crippen LogP contribution in [0.15, 0.2) is 67.0 Å². The highest BCUT2D eigenvalue weighted by atomic mass is 16.5. The maximum absolute atomic E-state index is 13.2. The number of nitrogens with zero attached hydrogens (tertiary/aromatic N) is 2. The van der Waals surface area contributed by atoms with Gasteiger partial charge in [-0.25, -0.2) is 0 Å². The Morgan fingerprint density at radius 2 is 1.68 bits per heavy atom. The van der Waals surface area contributed by atoms with Crippen molar-refractivity contribution in [1.29, 1.82) is 0 Å². The van der Waals surface area contributed by atoms with Gasteiger partial charge in [0.2, 0.25) is 0 Å². The Bertz CT molecular complexity index is 1060. The number of likely N-dealkylation sites (tertiary alicyclic amines) is 1. The van der Waals surface area contributed by atoms with Crippen LogP contribution in [0.2, 0.25) is 0 Å².